The zero-order valence-corrected chi connectivity index (χ0v) is 13.1. The molecule has 0 atom stereocenters. The molecule has 2 nitrogen and oxygen atoms in total. The highest BCUT2D eigenvalue weighted by Crippen LogP contribution is 2.33. The number of hydrogen-bond donors (Lipinski definition) is 0. The van der Waals surface area contributed by atoms with E-state index in [4.69, 9.17) is 44.3 Å². The molecule has 2 rings (SSSR count). The summed E-state index contributed by atoms with van der Waals surface area (Å²) in [5.41, 5.74) is 1.68. The molecule has 0 spiro atoms. The molecule has 0 fully saturated rings. The van der Waals surface area contributed by atoms with E-state index >= 15 is 0 Å². The third kappa shape index (κ3) is 3.51. The Labute approximate surface area is 133 Å². The van der Waals surface area contributed by atoms with Crippen molar-refractivity contribution in [2.45, 2.75) is 12.5 Å². The molecule has 2 aromatic rings. The number of rotatable bonds is 5. The molecule has 0 radical (unpaired) electrons. The maximum atomic E-state index is 6.11. The molecular weight excluding hydrogens is 319 g/mol. The summed E-state index contributed by atoms with van der Waals surface area (Å²) in [5.74, 6) is 1.61. The lowest BCUT2D eigenvalue weighted by Crippen LogP contribution is -2.01. The van der Waals surface area contributed by atoms with Crippen LogP contribution >= 0.6 is 34.8 Å². The van der Waals surface area contributed by atoms with Crippen LogP contribution < -0.4 is 9.47 Å². The van der Waals surface area contributed by atoms with Gasteiger partial charge in [0.15, 0.2) is 11.5 Å². The van der Waals surface area contributed by atoms with Crippen LogP contribution in [0.1, 0.15) is 11.1 Å². The minimum absolute atomic E-state index is 0.295. The fraction of sp³-hybridized carbons (Fsp3) is 0.200. The summed E-state index contributed by atoms with van der Waals surface area (Å²) < 4.78 is 11.1. The van der Waals surface area contributed by atoms with E-state index in [1.165, 1.54) is 0 Å². The van der Waals surface area contributed by atoms with Crippen LogP contribution in [0.15, 0.2) is 36.4 Å². The first-order valence-corrected chi connectivity index (χ1v) is 7.23. The van der Waals surface area contributed by atoms with Crippen molar-refractivity contribution in [2.24, 2.45) is 0 Å². The largest absolute Gasteiger partial charge is 0.493 e. The van der Waals surface area contributed by atoms with Crippen LogP contribution in [-0.2, 0) is 12.5 Å². The van der Waals surface area contributed by atoms with E-state index < -0.39 is 0 Å². The smallest absolute Gasteiger partial charge is 0.166 e. The first-order valence-electron chi connectivity index (χ1n) is 5.94. The molecule has 0 aromatic heterocycles. The van der Waals surface area contributed by atoms with Crippen molar-refractivity contribution in [1.82, 2.24) is 0 Å². The predicted molar refractivity (Wildman–Crippen MR) is 83.3 cm³/mol. The topological polar surface area (TPSA) is 18.5 Å². The maximum Gasteiger partial charge on any atom is 0.166 e. The van der Waals surface area contributed by atoms with Crippen molar-refractivity contribution in [1.29, 1.82) is 0 Å². The Morgan fingerprint density at radius 3 is 2.55 bits per heavy atom. The Hall–Kier alpha value is -1.09. The van der Waals surface area contributed by atoms with Gasteiger partial charge in [0, 0.05) is 21.2 Å². The molecule has 0 aliphatic carbocycles. The van der Waals surface area contributed by atoms with Gasteiger partial charge in [-0.25, -0.2) is 0 Å². The van der Waals surface area contributed by atoms with Crippen molar-refractivity contribution in [3.8, 4) is 11.5 Å². The van der Waals surface area contributed by atoms with Gasteiger partial charge < -0.3 is 9.47 Å². The minimum Gasteiger partial charge on any atom is -0.493 e. The van der Waals surface area contributed by atoms with Crippen LogP contribution in [0.4, 0.5) is 0 Å². The lowest BCUT2D eigenvalue weighted by atomic mass is 10.2. The average Bonchev–Trinajstić information content (AvgIpc) is 2.47. The highest BCUT2D eigenvalue weighted by molar-refractivity contribution is 6.33. The third-order valence-corrected chi connectivity index (χ3v) is 3.70. The Morgan fingerprint density at radius 2 is 1.85 bits per heavy atom. The summed E-state index contributed by atoms with van der Waals surface area (Å²) in [6, 6.07) is 10.8. The molecule has 0 bridgehead atoms. The van der Waals surface area contributed by atoms with Gasteiger partial charge in [-0.1, -0.05) is 35.3 Å². The second kappa shape index (κ2) is 7.07. The molecule has 106 valence electrons. The van der Waals surface area contributed by atoms with Crippen LogP contribution in [0.5, 0.6) is 11.5 Å². The molecule has 5 heteroatoms. The molecule has 0 saturated heterocycles. The average molecular weight is 332 g/mol. The quantitative estimate of drug-likeness (QED) is 0.690. The fourth-order valence-electron chi connectivity index (χ4n) is 1.79. The summed E-state index contributed by atoms with van der Waals surface area (Å²) in [4.78, 5) is 0. The number of alkyl halides is 1. The van der Waals surface area contributed by atoms with E-state index in [9.17, 15) is 0 Å². The van der Waals surface area contributed by atoms with Crippen LogP contribution in [0.2, 0.25) is 10.0 Å². The number of halogens is 3. The van der Waals surface area contributed by atoms with Crippen molar-refractivity contribution in [3.05, 3.63) is 57.6 Å². The van der Waals surface area contributed by atoms with E-state index in [1.807, 2.05) is 18.2 Å². The molecule has 0 saturated carbocycles. The van der Waals surface area contributed by atoms with Crippen molar-refractivity contribution < 1.29 is 9.47 Å². The Morgan fingerprint density at radius 1 is 1.05 bits per heavy atom. The second-order valence-electron chi connectivity index (χ2n) is 4.11. The van der Waals surface area contributed by atoms with Crippen LogP contribution in [0.3, 0.4) is 0 Å². The van der Waals surface area contributed by atoms with E-state index in [0.717, 1.165) is 11.1 Å². The molecule has 0 N–H and O–H groups in total. The van der Waals surface area contributed by atoms with Gasteiger partial charge in [0.1, 0.15) is 6.61 Å². The van der Waals surface area contributed by atoms with E-state index in [2.05, 4.69) is 0 Å². The lowest BCUT2D eigenvalue weighted by molar-refractivity contribution is 0.282. The van der Waals surface area contributed by atoms with Crippen LogP contribution in [0.25, 0.3) is 0 Å². The SMILES string of the molecule is COc1cccc(CCl)c1OCc1cc(Cl)ccc1Cl. The number of ether oxygens (including phenoxy) is 2. The summed E-state index contributed by atoms with van der Waals surface area (Å²) in [6.45, 7) is 0.295. The van der Waals surface area contributed by atoms with Gasteiger partial charge in [0.05, 0.1) is 13.0 Å². The molecule has 0 aliphatic rings. The predicted octanol–water partition coefficient (Wildman–Crippen LogP) is 5.32. The van der Waals surface area contributed by atoms with Gasteiger partial charge in [-0.05, 0) is 24.3 Å². The zero-order chi connectivity index (χ0) is 14.5. The first kappa shape index (κ1) is 15.3. The Bertz CT molecular complexity index is 577. The van der Waals surface area contributed by atoms with Crippen LogP contribution in [0, 0.1) is 0 Å². The van der Waals surface area contributed by atoms with Gasteiger partial charge in [0.2, 0.25) is 0 Å². The number of para-hydroxylation sites is 1. The van der Waals surface area contributed by atoms with Gasteiger partial charge in [-0.3, -0.25) is 0 Å². The summed E-state index contributed by atoms with van der Waals surface area (Å²) in [7, 11) is 1.59. The van der Waals surface area contributed by atoms with Crippen LogP contribution in [-0.4, -0.2) is 7.11 Å². The van der Waals surface area contributed by atoms with E-state index in [1.54, 1.807) is 25.3 Å². The number of benzene rings is 2. The second-order valence-corrected chi connectivity index (χ2v) is 5.22. The number of hydrogen-bond acceptors (Lipinski definition) is 2. The normalized spacial score (nSPS) is 10.4. The fourth-order valence-corrected chi connectivity index (χ4v) is 2.37. The summed E-state index contributed by atoms with van der Waals surface area (Å²) in [6.07, 6.45) is 0. The number of methoxy groups -OCH3 is 1. The molecule has 0 unspecified atom stereocenters. The highest BCUT2D eigenvalue weighted by atomic mass is 35.5. The Balaban J connectivity index is 2.24. The van der Waals surface area contributed by atoms with E-state index in [-0.39, 0.29) is 0 Å². The van der Waals surface area contributed by atoms with Gasteiger partial charge in [0.25, 0.3) is 0 Å². The summed E-state index contributed by atoms with van der Waals surface area (Å²) >= 11 is 18.0. The lowest BCUT2D eigenvalue weighted by Gasteiger charge is -2.14. The van der Waals surface area contributed by atoms with Gasteiger partial charge in [-0.2, -0.15) is 0 Å². The Kier molecular flexibility index (Phi) is 5.41. The highest BCUT2D eigenvalue weighted by Gasteiger charge is 2.11. The molecule has 0 aliphatic heterocycles. The molecular formula is C15H13Cl3O2. The zero-order valence-electron chi connectivity index (χ0n) is 10.8. The monoisotopic (exact) mass is 330 g/mol. The third-order valence-electron chi connectivity index (χ3n) is 2.80. The van der Waals surface area contributed by atoms with E-state index in [0.29, 0.717) is 34.0 Å². The molecule has 0 amide bonds. The standard InChI is InChI=1S/C15H13Cl3O2/c1-19-14-4-2-3-10(8-16)15(14)20-9-11-7-12(17)5-6-13(11)18/h2-7H,8-9H2,1H3. The minimum atomic E-state index is 0.295. The maximum absolute atomic E-state index is 6.11. The molecule has 0 heterocycles. The first-order chi connectivity index (χ1) is 9.65. The molecule has 2 aromatic carbocycles. The van der Waals surface area contributed by atoms with Gasteiger partial charge >= 0.3 is 0 Å². The van der Waals surface area contributed by atoms with Crippen molar-refractivity contribution in [3.63, 3.8) is 0 Å². The molecule has 20 heavy (non-hydrogen) atoms. The van der Waals surface area contributed by atoms with Crippen molar-refractivity contribution in [2.75, 3.05) is 7.11 Å². The van der Waals surface area contributed by atoms with Gasteiger partial charge in [-0.15, -0.1) is 11.6 Å². The van der Waals surface area contributed by atoms with Crippen molar-refractivity contribution >= 4 is 34.8 Å². The summed E-state index contributed by atoms with van der Waals surface area (Å²) in [5, 5.41) is 1.22.